The number of nitrogens with two attached hydrogens (primary N) is 1. The van der Waals surface area contributed by atoms with E-state index in [9.17, 15) is 20.1 Å². The Morgan fingerprint density at radius 3 is 2.81 bits per heavy atom. The number of ether oxygens (including phenoxy) is 1. The second-order valence-electron chi connectivity index (χ2n) is 7.21. The fourth-order valence-corrected chi connectivity index (χ4v) is 3.62. The van der Waals surface area contributed by atoms with Gasteiger partial charge in [0.1, 0.15) is 18.3 Å². The van der Waals surface area contributed by atoms with Crippen LogP contribution < -0.4 is 11.3 Å². The summed E-state index contributed by atoms with van der Waals surface area (Å²) in [6, 6.07) is 8.94. The Balaban J connectivity index is 1.63. The quantitative estimate of drug-likeness (QED) is 0.278. The van der Waals surface area contributed by atoms with Crippen LogP contribution in [-0.2, 0) is 4.74 Å². The Hall–Kier alpha value is -3.78. The number of nitrogens with zero attached hydrogens (tertiary/aromatic N) is 6. The van der Waals surface area contributed by atoms with Crippen molar-refractivity contribution in [2.24, 2.45) is 10.2 Å². The average molecular weight is 438 g/mol. The number of hydrogen-bond acceptors (Lipinski definition) is 11. The molecular formula is C19H18N8O5. The topological polar surface area (TPSA) is 197 Å². The van der Waals surface area contributed by atoms with Crippen LogP contribution in [0.2, 0.25) is 0 Å². The summed E-state index contributed by atoms with van der Waals surface area (Å²) in [5.41, 5.74) is 6.22. The van der Waals surface area contributed by atoms with Gasteiger partial charge in [-0.1, -0.05) is 6.07 Å². The van der Waals surface area contributed by atoms with Crippen LogP contribution in [0.3, 0.4) is 0 Å². The molecule has 0 spiro atoms. The number of fused-ring (bicyclic) bond motifs is 2. The molecule has 32 heavy (non-hydrogen) atoms. The highest BCUT2D eigenvalue weighted by Crippen LogP contribution is 2.35. The molecule has 1 aliphatic rings. The number of pyridine rings is 1. The lowest BCUT2D eigenvalue weighted by Gasteiger charge is -2.17. The number of nitrogens with one attached hydrogen (secondary N) is 1. The van der Waals surface area contributed by atoms with Crippen molar-refractivity contribution in [3.63, 3.8) is 0 Å². The summed E-state index contributed by atoms with van der Waals surface area (Å²) in [5, 5.41) is 39.3. The van der Waals surface area contributed by atoms with Crippen LogP contribution in [0.25, 0.3) is 22.1 Å². The highest BCUT2D eigenvalue weighted by Gasteiger charge is 2.45. The molecule has 0 aliphatic carbocycles. The number of H-pyrrole nitrogens is 1. The molecule has 13 nitrogen and oxygen atoms in total. The first-order chi connectivity index (χ1) is 15.5. The van der Waals surface area contributed by atoms with Crippen LogP contribution >= 0.6 is 0 Å². The first-order valence-electron chi connectivity index (χ1n) is 9.63. The fraction of sp³-hybridized carbons (Fsp3) is 0.263. The van der Waals surface area contributed by atoms with Crippen molar-refractivity contribution in [2.45, 2.75) is 24.5 Å². The van der Waals surface area contributed by atoms with E-state index >= 15 is 0 Å². The molecule has 0 amide bonds. The molecule has 1 fully saturated rings. The Bertz CT molecular complexity index is 1400. The van der Waals surface area contributed by atoms with Gasteiger partial charge in [0, 0.05) is 11.6 Å². The third-order valence-electron chi connectivity index (χ3n) is 5.16. The smallest absolute Gasteiger partial charge is 0.280 e. The fourth-order valence-electron chi connectivity index (χ4n) is 3.62. The number of azo groups is 1. The van der Waals surface area contributed by atoms with Gasteiger partial charge in [0.25, 0.3) is 11.5 Å². The molecule has 4 heterocycles. The molecule has 0 bridgehead atoms. The lowest BCUT2D eigenvalue weighted by atomic mass is 10.1. The number of aromatic amines is 1. The molecule has 0 radical (unpaired) electrons. The van der Waals surface area contributed by atoms with Crippen molar-refractivity contribution in [3.05, 3.63) is 46.9 Å². The van der Waals surface area contributed by atoms with Gasteiger partial charge >= 0.3 is 0 Å². The second kappa shape index (κ2) is 7.72. The maximum Gasteiger partial charge on any atom is 0.280 e. The maximum atomic E-state index is 12.3. The SMILES string of the molecule is Nc1nc2c(nc(N=Nc3ccc4ncccc4c3)n2[C@@H]2O[C@H](CO)C(O)[C@@H]2O)c(=O)[nH]1. The van der Waals surface area contributed by atoms with Gasteiger partial charge in [-0.2, -0.15) is 4.98 Å². The normalized spacial score (nSPS) is 23.6. The number of benzene rings is 1. The lowest BCUT2D eigenvalue weighted by Crippen LogP contribution is -2.33. The summed E-state index contributed by atoms with van der Waals surface area (Å²) >= 11 is 0. The molecule has 5 rings (SSSR count). The van der Waals surface area contributed by atoms with Crippen LogP contribution in [0.15, 0.2) is 51.6 Å². The van der Waals surface area contributed by atoms with Crippen molar-refractivity contribution in [3.8, 4) is 0 Å². The Morgan fingerprint density at radius 2 is 2.03 bits per heavy atom. The first-order valence-corrected chi connectivity index (χ1v) is 9.63. The number of nitrogen functional groups attached to an aromatic ring is 1. The standard InChI is InChI=1S/C19H18N8O5/c20-18-23-15-12(16(31)24-18)22-19(27(15)17-14(30)13(29)11(7-28)32-17)26-25-9-3-4-10-8(6-9)2-1-5-21-10/h1-6,11,13-14,17,28-30H,7H2,(H3,20,23,24,31)/t11-,13?,14+,17-/m1/s1. The van der Waals surface area contributed by atoms with Gasteiger partial charge < -0.3 is 25.8 Å². The zero-order valence-electron chi connectivity index (χ0n) is 16.4. The molecule has 6 N–H and O–H groups in total. The molecule has 1 unspecified atom stereocenters. The van der Waals surface area contributed by atoms with Crippen LogP contribution in [0.1, 0.15) is 6.23 Å². The van der Waals surface area contributed by atoms with E-state index in [1.165, 1.54) is 4.57 Å². The number of rotatable bonds is 4. The monoisotopic (exact) mass is 438 g/mol. The summed E-state index contributed by atoms with van der Waals surface area (Å²) < 4.78 is 6.81. The maximum absolute atomic E-state index is 12.3. The number of aliphatic hydroxyl groups excluding tert-OH is 3. The summed E-state index contributed by atoms with van der Waals surface area (Å²) in [4.78, 5) is 27.2. The highest BCUT2D eigenvalue weighted by atomic mass is 16.6. The van der Waals surface area contributed by atoms with Crippen molar-refractivity contribution in [1.29, 1.82) is 0 Å². The minimum atomic E-state index is -1.45. The van der Waals surface area contributed by atoms with E-state index in [4.69, 9.17) is 10.5 Å². The van der Waals surface area contributed by atoms with E-state index in [0.29, 0.717) is 5.69 Å². The molecule has 164 valence electrons. The molecule has 4 aromatic rings. The minimum absolute atomic E-state index is 0.0160. The van der Waals surface area contributed by atoms with Gasteiger partial charge in [-0.3, -0.25) is 19.3 Å². The van der Waals surface area contributed by atoms with Crippen molar-refractivity contribution < 1.29 is 20.1 Å². The molecule has 3 aromatic heterocycles. The predicted octanol–water partition coefficient (Wildman–Crippen LogP) is 0.277. The third kappa shape index (κ3) is 3.29. The van der Waals surface area contributed by atoms with E-state index in [2.05, 4.69) is 30.2 Å². The van der Waals surface area contributed by atoms with Crippen LogP contribution in [0.5, 0.6) is 0 Å². The largest absolute Gasteiger partial charge is 0.394 e. The van der Waals surface area contributed by atoms with Crippen LogP contribution in [-0.4, -0.2) is 64.7 Å². The summed E-state index contributed by atoms with van der Waals surface area (Å²) in [6.45, 7) is -0.528. The van der Waals surface area contributed by atoms with Crippen LogP contribution in [0, 0.1) is 0 Å². The summed E-state index contributed by atoms with van der Waals surface area (Å²) in [7, 11) is 0. The highest BCUT2D eigenvalue weighted by molar-refractivity contribution is 5.81. The molecule has 1 aromatic carbocycles. The van der Waals surface area contributed by atoms with Gasteiger partial charge in [0.15, 0.2) is 17.4 Å². The van der Waals surface area contributed by atoms with E-state index < -0.39 is 36.7 Å². The summed E-state index contributed by atoms with van der Waals surface area (Å²) in [6.07, 6.45) is -3.43. The second-order valence-corrected chi connectivity index (χ2v) is 7.21. The molecule has 1 aliphatic heterocycles. The Morgan fingerprint density at radius 1 is 1.19 bits per heavy atom. The molecule has 1 saturated heterocycles. The predicted molar refractivity (Wildman–Crippen MR) is 111 cm³/mol. The Kier molecular flexibility index (Phi) is 4.86. The average Bonchev–Trinajstić information content (AvgIpc) is 3.29. The number of hydrogen-bond donors (Lipinski definition) is 5. The van der Waals surface area contributed by atoms with Gasteiger partial charge in [0.05, 0.1) is 17.8 Å². The number of aromatic nitrogens is 5. The number of imidazole rings is 1. The van der Waals surface area contributed by atoms with E-state index in [1.807, 2.05) is 6.07 Å². The first kappa shape index (κ1) is 20.1. The van der Waals surface area contributed by atoms with E-state index in [-0.39, 0.29) is 23.1 Å². The van der Waals surface area contributed by atoms with Gasteiger partial charge in [-0.25, -0.2) is 4.98 Å². The Labute approximate surface area is 178 Å². The molecular weight excluding hydrogens is 420 g/mol. The molecule has 13 heteroatoms. The van der Waals surface area contributed by atoms with Gasteiger partial charge in [0.2, 0.25) is 5.95 Å². The van der Waals surface area contributed by atoms with E-state index in [0.717, 1.165) is 10.9 Å². The zero-order chi connectivity index (χ0) is 22.4. The van der Waals surface area contributed by atoms with Crippen molar-refractivity contribution >= 4 is 39.7 Å². The van der Waals surface area contributed by atoms with E-state index in [1.54, 1.807) is 30.5 Å². The van der Waals surface area contributed by atoms with Gasteiger partial charge in [-0.05, 0) is 24.3 Å². The van der Waals surface area contributed by atoms with Crippen LogP contribution in [0.4, 0.5) is 17.6 Å². The van der Waals surface area contributed by atoms with Crippen molar-refractivity contribution in [1.82, 2.24) is 24.5 Å². The van der Waals surface area contributed by atoms with Crippen molar-refractivity contribution in [2.75, 3.05) is 12.3 Å². The summed E-state index contributed by atoms with van der Waals surface area (Å²) in [5.74, 6) is -0.286. The van der Waals surface area contributed by atoms with Gasteiger partial charge in [-0.15, -0.1) is 10.2 Å². The minimum Gasteiger partial charge on any atom is -0.394 e. The lowest BCUT2D eigenvalue weighted by molar-refractivity contribution is -0.0503. The zero-order valence-corrected chi connectivity index (χ0v) is 16.4. The molecule has 4 atom stereocenters. The molecule has 0 saturated carbocycles. The number of anilines is 1. The number of aliphatic hydroxyl groups is 3. The third-order valence-corrected chi connectivity index (χ3v) is 5.16.